The zero-order chi connectivity index (χ0) is 12.7. The van der Waals surface area contributed by atoms with Crippen molar-refractivity contribution in [2.75, 3.05) is 12.3 Å². The molecule has 0 saturated heterocycles. The van der Waals surface area contributed by atoms with Gasteiger partial charge in [0, 0.05) is 11.4 Å². The van der Waals surface area contributed by atoms with E-state index in [1.165, 1.54) is 11.8 Å². The lowest BCUT2D eigenvalue weighted by Gasteiger charge is -2.07. The molecule has 5 heteroatoms. The van der Waals surface area contributed by atoms with Crippen molar-refractivity contribution in [3.63, 3.8) is 0 Å². The van der Waals surface area contributed by atoms with Crippen LogP contribution in [0.15, 0.2) is 29.2 Å². The third-order valence-corrected chi connectivity index (χ3v) is 3.59. The molecule has 1 aromatic rings. The molecule has 1 rings (SSSR count). The van der Waals surface area contributed by atoms with Crippen molar-refractivity contribution >= 4 is 29.3 Å². The minimum absolute atomic E-state index is 0.0458. The summed E-state index contributed by atoms with van der Waals surface area (Å²) in [7, 11) is 0. The summed E-state index contributed by atoms with van der Waals surface area (Å²) < 4.78 is 0. The van der Waals surface area contributed by atoms with Crippen molar-refractivity contribution in [2.24, 2.45) is 0 Å². The van der Waals surface area contributed by atoms with Crippen LogP contribution in [-0.4, -0.2) is 29.4 Å². The van der Waals surface area contributed by atoms with Gasteiger partial charge < -0.3 is 10.4 Å². The molecule has 0 aromatic heterocycles. The molecule has 1 atom stereocenters. The molecule has 0 radical (unpaired) electrons. The van der Waals surface area contributed by atoms with Crippen LogP contribution in [0.3, 0.4) is 0 Å². The monoisotopic (exact) mass is 273 g/mol. The highest BCUT2D eigenvalue weighted by atomic mass is 35.5. The summed E-state index contributed by atoms with van der Waals surface area (Å²) in [5, 5.41) is 12.4. The molecular weight excluding hydrogens is 258 g/mol. The van der Waals surface area contributed by atoms with Gasteiger partial charge in [-0.3, -0.25) is 4.79 Å². The highest BCUT2D eigenvalue weighted by molar-refractivity contribution is 8.00. The first-order chi connectivity index (χ1) is 8.09. The molecule has 0 fully saturated rings. The van der Waals surface area contributed by atoms with Crippen LogP contribution in [0.5, 0.6) is 0 Å². The van der Waals surface area contributed by atoms with E-state index in [-0.39, 0.29) is 12.0 Å². The third kappa shape index (κ3) is 5.96. The summed E-state index contributed by atoms with van der Waals surface area (Å²) in [6.07, 6.45) is 0.189. The van der Waals surface area contributed by atoms with E-state index in [0.717, 1.165) is 4.90 Å². The number of halogens is 1. The maximum absolute atomic E-state index is 11.5. The third-order valence-electron chi connectivity index (χ3n) is 2.08. The molecule has 1 aromatic carbocycles. The molecule has 1 amide bonds. The van der Waals surface area contributed by atoms with Crippen molar-refractivity contribution in [1.82, 2.24) is 5.32 Å². The zero-order valence-corrected chi connectivity index (χ0v) is 11.2. The molecular formula is C12H16ClNO2S. The number of hydrogen-bond acceptors (Lipinski definition) is 3. The summed E-state index contributed by atoms with van der Waals surface area (Å²) in [6, 6.07) is 7.43. The van der Waals surface area contributed by atoms with Gasteiger partial charge in [-0.2, -0.15) is 0 Å². The minimum Gasteiger partial charge on any atom is -0.393 e. The maximum atomic E-state index is 11.5. The van der Waals surface area contributed by atoms with Gasteiger partial charge in [-0.1, -0.05) is 23.7 Å². The van der Waals surface area contributed by atoms with Crippen molar-refractivity contribution in [2.45, 2.75) is 24.3 Å². The second kappa shape index (κ2) is 7.58. The van der Waals surface area contributed by atoms with Crippen LogP contribution >= 0.6 is 23.4 Å². The minimum atomic E-state index is -0.383. The fourth-order valence-electron chi connectivity index (χ4n) is 1.18. The first-order valence-corrected chi connectivity index (χ1v) is 6.78. The van der Waals surface area contributed by atoms with E-state index in [2.05, 4.69) is 5.32 Å². The van der Waals surface area contributed by atoms with E-state index in [9.17, 15) is 4.79 Å². The number of nitrogens with one attached hydrogen (secondary N) is 1. The number of benzene rings is 1. The van der Waals surface area contributed by atoms with Crippen LogP contribution in [0, 0.1) is 0 Å². The molecule has 0 saturated carbocycles. The van der Waals surface area contributed by atoms with Gasteiger partial charge in [0.2, 0.25) is 5.91 Å². The lowest BCUT2D eigenvalue weighted by molar-refractivity contribution is -0.118. The Hall–Kier alpha value is -0.710. The number of carbonyl (C=O) groups is 1. The summed E-state index contributed by atoms with van der Waals surface area (Å²) in [4.78, 5) is 12.4. The summed E-state index contributed by atoms with van der Waals surface area (Å²) in [6.45, 7) is 2.20. The normalized spacial score (nSPS) is 12.2. The van der Waals surface area contributed by atoms with Crippen LogP contribution in [0.2, 0.25) is 5.02 Å². The molecule has 0 heterocycles. The number of aliphatic hydroxyl groups is 1. The van der Waals surface area contributed by atoms with Crippen LogP contribution in [-0.2, 0) is 4.79 Å². The van der Waals surface area contributed by atoms with E-state index in [1.54, 1.807) is 13.0 Å². The van der Waals surface area contributed by atoms with Crippen molar-refractivity contribution < 1.29 is 9.90 Å². The SMILES string of the molecule is CC(O)CCNC(=O)CSc1ccccc1Cl. The van der Waals surface area contributed by atoms with Crippen LogP contribution < -0.4 is 5.32 Å². The van der Waals surface area contributed by atoms with Gasteiger partial charge >= 0.3 is 0 Å². The van der Waals surface area contributed by atoms with Crippen molar-refractivity contribution in [3.05, 3.63) is 29.3 Å². The smallest absolute Gasteiger partial charge is 0.230 e. The first kappa shape index (κ1) is 14.4. The summed E-state index contributed by atoms with van der Waals surface area (Å²) in [5.41, 5.74) is 0. The van der Waals surface area contributed by atoms with Gasteiger partial charge in [0.15, 0.2) is 0 Å². The number of amides is 1. The molecule has 0 spiro atoms. The molecule has 0 bridgehead atoms. The van der Waals surface area contributed by atoms with E-state index < -0.39 is 0 Å². The molecule has 2 N–H and O–H groups in total. The Labute approximate surface area is 111 Å². The Balaban J connectivity index is 2.26. The van der Waals surface area contributed by atoms with Gasteiger partial charge in [-0.05, 0) is 25.5 Å². The largest absolute Gasteiger partial charge is 0.393 e. The molecule has 0 aliphatic carbocycles. The molecule has 0 aliphatic heterocycles. The van der Waals surface area contributed by atoms with E-state index in [4.69, 9.17) is 16.7 Å². The highest BCUT2D eigenvalue weighted by Crippen LogP contribution is 2.26. The first-order valence-electron chi connectivity index (χ1n) is 5.41. The Morgan fingerprint density at radius 2 is 2.24 bits per heavy atom. The topological polar surface area (TPSA) is 49.3 Å². The average Bonchev–Trinajstić information content (AvgIpc) is 2.27. The van der Waals surface area contributed by atoms with Gasteiger partial charge in [0.05, 0.1) is 16.9 Å². The van der Waals surface area contributed by atoms with Crippen LogP contribution in [0.4, 0.5) is 0 Å². The Morgan fingerprint density at radius 1 is 1.53 bits per heavy atom. The standard InChI is InChI=1S/C12H16ClNO2S/c1-9(15)6-7-14-12(16)8-17-11-5-3-2-4-10(11)13/h2-5,9,15H,6-8H2,1H3,(H,14,16). The lowest BCUT2D eigenvalue weighted by atomic mass is 10.3. The second-order valence-corrected chi connectivity index (χ2v) is 5.13. The summed E-state index contributed by atoms with van der Waals surface area (Å²) >= 11 is 7.38. The molecule has 17 heavy (non-hydrogen) atoms. The van der Waals surface area contributed by atoms with E-state index >= 15 is 0 Å². The maximum Gasteiger partial charge on any atom is 0.230 e. The van der Waals surface area contributed by atoms with Crippen molar-refractivity contribution in [1.29, 1.82) is 0 Å². The van der Waals surface area contributed by atoms with Crippen LogP contribution in [0.1, 0.15) is 13.3 Å². The number of aliphatic hydroxyl groups excluding tert-OH is 1. The molecule has 0 aliphatic rings. The Morgan fingerprint density at radius 3 is 2.88 bits per heavy atom. The molecule has 1 unspecified atom stereocenters. The fourth-order valence-corrected chi connectivity index (χ4v) is 2.25. The number of rotatable bonds is 6. The van der Waals surface area contributed by atoms with Crippen LogP contribution in [0.25, 0.3) is 0 Å². The van der Waals surface area contributed by atoms with Gasteiger partial charge in [-0.25, -0.2) is 0 Å². The van der Waals surface area contributed by atoms with E-state index in [1.807, 2.05) is 18.2 Å². The Bertz CT molecular complexity index is 371. The van der Waals surface area contributed by atoms with E-state index in [0.29, 0.717) is 23.7 Å². The summed E-state index contributed by atoms with van der Waals surface area (Å²) in [5.74, 6) is 0.291. The van der Waals surface area contributed by atoms with Gasteiger partial charge in [0.25, 0.3) is 0 Å². The zero-order valence-electron chi connectivity index (χ0n) is 9.65. The Kier molecular flexibility index (Phi) is 6.40. The predicted molar refractivity (Wildman–Crippen MR) is 71.5 cm³/mol. The highest BCUT2D eigenvalue weighted by Gasteiger charge is 2.05. The average molecular weight is 274 g/mol. The second-order valence-electron chi connectivity index (χ2n) is 3.71. The molecule has 94 valence electrons. The number of hydrogen-bond donors (Lipinski definition) is 2. The number of carbonyl (C=O) groups excluding carboxylic acids is 1. The lowest BCUT2D eigenvalue weighted by Crippen LogP contribution is -2.27. The predicted octanol–water partition coefficient (Wildman–Crippen LogP) is 2.32. The van der Waals surface area contributed by atoms with Crippen molar-refractivity contribution in [3.8, 4) is 0 Å². The van der Waals surface area contributed by atoms with Gasteiger partial charge in [-0.15, -0.1) is 11.8 Å². The quantitative estimate of drug-likeness (QED) is 0.782. The fraction of sp³-hybridized carbons (Fsp3) is 0.417. The molecule has 3 nitrogen and oxygen atoms in total. The van der Waals surface area contributed by atoms with Gasteiger partial charge in [0.1, 0.15) is 0 Å². The number of thioether (sulfide) groups is 1.